The molecule has 150 valence electrons. The van der Waals surface area contributed by atoms with Crippen molar-refractivity contribution in [2.75, 3.05) is 4.90 Å². The monoisotopic (exact) mass is 456 g/mol. The molecule has 0 atom stereocenters. The number of imide groups is 2. The predicted octanol–water partition coefficient (Wildman–Crippen LogP) is 4.47. The van der Waals surface area contributed by atoms with Crippen LogP contribution >= 0.6 is 15.9 Å². The van der Waals surface area contributed by atoms with Gasteiger partial charge in [0.25, 0.3) is 11.8 Å². The van der Waals surface area contributed by atoms with Crippen LogP contribution in [0.1, 0.15) is 31.9 Å². The van der Waals surface area contributed by atoms with Crippen LogP contribution in [0.2, 0.25) is 0 Å². The van der Waals surface area contributed by atoms with Crippen LogP contribution in [0.3, 0.4) is 0 Å². The van der Waals surface area contributed by atoms with Crippen molar-refractivity contribution < 1.29 is 19.1 Å². The molecule has 0 saturated carbocycles. The molecule has 1 fully saturated rings. The minimum Gasteiger partial charge on any atom is -0.490 e. The second-order valence-electron chi connectivity index (χ2n) is 6.79. The van der Waals surface area contributed by atoms with Gasteiger partial charge < -0.3 is 4.74 Å². The highest BCUT2D eigenvalue weighted by molar-refractivity contribution is 9.10. The summed E-state index contributed by atoms with van der Waals surface area (Å²) < 4.78 is 6.56. The Labute approximate surface area is 177 Å². The molecule has 0 spiro atoms. The fourth-order valence-corrected chi connectivity index (χ4v) is 3.43. The summed E-state index contributed by atoms with van der Waals surface area (Å²) in [5.41, 5.74) is 1.71. The number of benzene rings is 2. The van der Waals surface area contributed by atoms with Gasteiger partial charge in [-0.15, -0.1) is 0 Å². The Hall–Kier alpha value is -2.93. The van der Waals surface area contributed by atoms with E-state index in [-0.39, 0.29) is 11.7 Å². The Balaban J connectivity index is 2.08. The van der Waals surface area contributed by atoms with Crippen molar-refractivity contribution in [1.82, 2.24) is 5.32 Å². The number of rotatable bonds is 5. The molecule has 1 saturated heterocycles. The highest BCUT2D eigenvalue weighted by atomic mass is 79.9. The third-order valence-corrected chi connectivity index (χ3v) is 4.84. The maximum absolute atomic E-state index is 13.2. The molecular formula is C22H21BrN2O4. The number of urea groups is 1. The topological polar surface area (TPSA) is 75.7 Å². The van der Waals surface area contributed by atoms with Crippen molar-refractivity contribution >= 4 is 45.5 Å². The fraction of sp³-hybridized carbons (Fsp3) is 0.227. The highest BCUT2D eigenvalue weighted by Crippen LogP contribution is 2.29. The molecule has 1 N–H and O–H groups in total. The Morgan fingerprint density at radius 2 is 1.86 bits per heavy atom. The number of para-hydroxylation sites is 1. The summed E-state index contributed by atoms with van der Waals surface area (Å²) in [4.78, 5) is 39.1. The van der Waals surface area contributed by atoms with E-state index in [4.69, 9.17) is 4.74 Å². The Morgan fingerprint density at radius 1 is 1.14 bits per heavy atom. The van der Waals surface area contributed by atoms with Gasteiger partial charge in [0.05, 0.1) is 11.8 Å². The first kappa shape index (κ1) is 20.8. The highest BCUT2D eigenvalue weighted by Gasteiger charge is 2.37. The first-order valence-corrected chi connectivity index (χ1v) is 10.1. The SMILES string of the molecule is CCc1ccccc1N1C(=O)NC(=O)/C(=C/c2cc(Br)ccc2OC(C)C)C1=O. The number of hydrogen-bond donors (Lipinski definition) is 1. The van der Waals surface area contributed by atoms with E-state index in [9.17, 15) is 14.4 Å². The number of aryl methyl sites for hydroxylation is 1. The lowest BCUT2D eigenvalue weighted by Crippen LogP contribution is -2.54. The molecule has 29 heavy (non-hydrogen) atoms. The zero-order valence-corrected chi connectivity index (χ0v) is 17.9. The summed E-state index contributed by atoms with van der Waals surface area (Å²) in [5.74, 6) is -0.871. The number of carbonyl (C=O) groups excluding carboxylic acids is 3. The van der Waals surface area contributed by atoms with Crippen LogP contribution in [0.15, 0.2) is 52.5 Å². The minimum absolute atomic E-state index is 0.0845. The molecule has 2 aromatic rings. The van der Waals surface area contributed by atoms with Crippen molar-refractivity contribution in [3.05, 3.63) is 63.6 Å². The number of hydrogen-bond acceptors (Lipinski definition) is 4. The lowest BCUT2D eigenvalue weighted by Gasteiger charge is -2.28. The average molecular weight is 457 g/mol. The number of halogens is 1. The second-order valence-corrected chi connectivity index (χ2v) is 7.70. The van der Waals surface area contributed by atoms with E-state index < -0.39 is 17.8 Å². The number of anilines is 1. The number of nitrogens with one attached hydrogen (secondary N) is 1. The van der Waals surface area contributed by atoms with Crippen LogP contribution < -0.4 is 15.0 Å². The molecule has 1 heterocycles. The summed E-state index contributed by atoms with van der Waals surface area (Å²) in [5, 5.41) is 2.26. The molecule has 0 aliphatic carbocycles. The van der Waals surface area contributed by atoms with E-state index >= 15 is 0 Å². The molecule has 7 heteroatoms. The summed E-state index contributed by atoms with van der Waals surface area (Å²) in [6.07, 6.45) is 2.01. The first-order chi connectivity index (χ1) is 13.8. The van der Waals surface area contributed by atoms with Crippen LogP contribution in [-0.4, -0.2) is 23.9 Å². The van der Waals surface area contributed by atoms with Crippen LogP contribution in [0, 0.1) is 0 Å². The van der Waals surface area contributed by atoms with E-state index in [1.165, 1.54) is 6.08 Å². The lowest BCUT2D eigenvalue weighted by atomic mass is 10.0. The van der Waals surface area contributed by atoms with Crippen LogP contribution in [0.25, 0.3) is 6.08 Å². The number of nitrogens with zero attached hydrogens (tertiary/aromatic N) is 1. The molecule has 0 unspecified atom stereocenters. The smallest absolute Gasteiger partial charge is 0.335 e. The molecular weight excluding hydrogens is 436 g/mol. The lowest BCUT2D eigenvalue weighted by molar-refractivity contribution is -0.122. The van der Waals surface area contributed by atoms with E-state index in [2.05, 4.69) is 21.2 Å². The molecule has 4 amide bonds. The molecule has 0 bridgehead atoms. The Kier molecular flexibility index (Phi) is 6.17. The van der Waals surface area contributed by atoms with Gasteiger partial charge in [-0.1, -0.05) is 41.1 Å². The molecule has 6 nitrogen and oxygen atoms in total. The second kappa shape index (κ2) is 8.61. The van der Waals surface area contributed by atoms with Crippen LogP contribution in [-0.2, 0) is 16.0 Å². The standard InChI is InChI=1S/C22H21BrN2O4/c1-4-14-7-5-6-8-18(14)25-21(27)17(20(26)24-22(25)28)12-15-11-16(23)9-10-19(15)29-13(2)3/h5-13H,4H2,1-3H3,(H,24,26,28)/b17-12-. The average Bonchev–Trinajstić information content (AvgIpc) is 2.67. The third kappa shape index (κ3) is 4.40. The summed E-state index contributed by atoms with van der Waals surface area (Å²) >= 11 is 3.40. The summed E-state index contributed by atoms with van der Waals surface area (Å²) in [6, 6.07) is 11.7. The third-order valence-electron chi connectivity index (χ3n) is 4.35. The Morgan fingerprint density at radius 3 is 2.55 bits per heavy atom. The van der Waals surface area contributed by atoms with Gasteiger partial charge in [0, 0.05) is 10.0 Å². The molecule has 2 aromatic carbocycles. The van der Waals surface area contributed by atoms with Crippen molar-refractivity contribution in [1.29, 1.82) is 0 Å². The van der Waals surface area contributed by atoms with Crippen molar-refractivity contribution in [3.63, 3.8) is 0 Å². The zero-order valence-electron chi connectivity index (χ0n) is 16.4. The molecule has 1 aliphatic rings. The predicted molar refractivity (Wildman–Crippen MR) is 115 cm³/mol. The van der Waals surface area contributed by atoms with E-state index in [1.54, 1.807) is 24.3 Å². The quantitative estimate of drug-likeness (QED) is 0.531. The maximum Gasteiger partial charge on any atom is 0.335 e. The fourth-order valence-electron chi connectivity index (χ4n) is 3.05. The van der Waals surface area contributed by atoms with Gasteiger partial charge in [0.15, 0.2) is 0 Å². The number of barbiturate groups is 1. The van der Waals surface area contributed by atoms with Gasteiger partial charge in [-0.25, -0.2) is 9.69 Å². The van der Waals surface area contributed by atoms with Gasteiger partial charge in [-0.2, -0.15) is 0 Å². The van der Waals surface area contributed by atoms with Crippen LogP contribution in [0.5, 0.6) is 5.75 Å². The minimum atomic E-state index is -0.758. The summed E-state index contributed by atoms with van der Waals surface area (Å²) in [7, 11) is 0. The molecule has 0 radical (unpaired) electrons. The van der Waals surface area contributed by atoms with Gasteiger partial charge >= 0.3 is 6.03 Å². The van der Waals surface area contributed by atoms with E-state index in [0.29, 0.717) is 23.4 Å². The van der Waals surface area contributed by atoms with Gasteiger partial charge in [-0.05, 0) is 56.2 Å². The van der Waals surface area contributed by atoms with Crippen molar-refractivity contribution in [2.24, 2.45) is 0 Å². The van der Waals surface area contributed by atoms with Crippen molar-refractivity contribution in [2.45, 2.75) is 33.3 Å². The largest absolute Gasteiger partial charge is 0.490 e. The maximum atomic E-state index is 13.2. The van der Waals surface area contributed by atoms with Crippen molar-refractivity contribution in [3.8, 4) is 5.75 Å². The van der Waals surface area contributed by atoms with Crippen LogP contribution in [0.4, 0.5) is 10.5 Å². The number of amides is 4. The molecule has 1 aliphatic heterocycles. The zero-order chi connectivity index (χ0) is 21.1. The Bertz CT molecular complexity index is 1010. The molecule has 0 aromatic heterocycles. The van der Waals surface area contributed by atoms with Gasteiger partial charge in [0.1, 0.15) is 11.3 Å². The van der Waals surface area contributed by atoms with Gasteiger partial charge in [-0.3, -0.25) is 14.9 Å². The normalized spacial score (nSPS) is 15.8. The summed E-state index contributed by atoms with van der Waals surface area (Å²) in [6.45, 7) is 5.71. The van der Waals surface area contributed by atoms with E-state index in [0.717, 1.165) is 14.9 Å². The number of ether oxygens (including phenoxy) is 1. The van der Waals surface area contributed by atoms with Gasteiger partial charge in [0.2, 0.25) is 0 Å². The first-order valence-electron chi connectivity index (χ1n) is 9.27. The van der Waals surface area contributed by atoms with E-state index in [1.807, 2.05) is 39.0 Å². The number of carbonyl (C=O) groups is 3. The molecule has 3 rings (SSSR count).